The van der Waals surface area contributed by atoms with Gasteiger partial charge in [0.05, 0.1) is 16.3 Å². The number of aromatic nitrogens is 1. The van der Waals surface area contributed by atoms with Crippen LogP contribution in [0, 0.1) is 11.3 Å². The van der Waals surface area contributed by atoms with E-state index in [1.807, 2.05) is 5.38 Å². The number of hydrogen-bond acceptors (Lipinski definition) is 4. The van der Waals surface area contributed by atoms with Crippen LogP contribution >= 0.6 is 22.9 Å². The van der Waals surface area contributed by atoms with Crippen LogP contribution in [0.25, 0.3) is 0 Å². The van der Waals surface area contributed by atoms with Crippen molar-refractivity contribution in [2.75, 3.05) is 0 Å². The molecule has 0 unspecified atom stereocenters. The molecule has 0 aliphatic carbocycles. The molecule has 2 aromatic rings. The van der Waals surface area contributed by atoms with Crippen LogP contribution in [0.1, 0.15) is 23.2 Å². The Hall–Kier alpha value is -1.57. The second kappa shape index (κ2) is 5.85. The van der Waals surface area contributed by atoms with Gasteiger partial charge in [0.25, 0.3) is 0 Å². The van der Waals surface area contributed by atoms with E-state index in [0.29, 0.717) is 22.9 Å². The van der Waals surface area contributed by atoms with E-state index in [4.69, 9.17) is 21.6 Å². The molecule has 0 radical (unpaired) electrons. The zero-order valence-electron chi connectivity index (χ0n) is 9.81. The van der Waals surface area contributed by atoms with Gasteiger partial charge >= 0.3 is 0 Å². The van der Waals surface area contributed by atoms with Gasteiger partial charge in [-0.15, -0.1) is 11.3 Å². The molecule has 2 rings (SSSR count). The van der Waals surface area contributed by atoms with Crippen molar-refractivity contribution in [2.24, 2.45) is 0 Å². The first kappa shape index (κ1) is 12.9. The number of benzene rings is 1. The first-order chi connectivity index (χ1) is 8.72. The van der Waals surface area contributed by atoms with E-state index < -0.39 is 0 Å². The minimum Gasteiger partial charge on any atom is -0.486 e. The molecule has 0 aliphatic rings. The smallest absolute Gasteiger partial charge is 0.139 e. The predicted molar refractivity (Wildman–Crippen MR) is 72.0 cm³/mol. The largest absolute Gasteiger partial charge is 0.486 e. The Morgan fingerprint density at radius 3 is 3.00 bits per heavy atom. The average Bonchev–Trinajstić information content (AvgIpc) is 2.84. The van der Waals surface area contributed by atoms with Crippen molar-refractivity contribution < 1.29 is 4.74 Å². The Balaban J connectivity index is 2.10. The molecule has 0 N–H and O–H groups in total. The van der Waals surface area contributed by atoms with Crippen LogP contribution < -0.4 is 4.74 Å². The van der Waals surface area contributed by atoms with Crippen molar-refractivity contribution in [3.05, 3.63) is 44.9 Å². The number of ether oxygens (including phenoxy) is 1. The molecule has 0 amide bonds. The summed E-state index contributed by atoms with van der Waals surface area (Å²) in [4.78, 5) is 4.40. The first-order valence-electron chi connectivity index (χ1n) is 5.48. The van der Waals surface area contributed by atoms with Gasteiger partial charge < -0.3 is 4.74 Å². The van der Waals surface area contributed by atoms with Crippen molar-refractivity contribution in [2.45, 2.75) is 20.0 Å². The summed E-state index contributed by atoms with van der Waals surface area (Å²) >= 11 is 7.49. The van der Waals surface area contributed by atoms with Gasteiger partial charge in [-0.25, -0.2) is 4.98 Å². The highest BCUT2D eigenvalue weighted by molar-refractivity contribution is 7.09. The van der Waals surface area contributed by atoms with Gasteiger partial charge in [-0.3, -0.25) is 0 Å². The summed E-state index contributed by atoms with van der Waals surface area (Å²) in [7, 11) is 0. The summed E-state index contributed by atoms with van der Waals surface area (Å²) < 4.78 is 5.59. The highest BCUT2D eigenvalue weighted by Crippen LogP contribution is 2.24. The minimum absolute atomic E-state index is 0.353. The zero-order valence-corrected chi connectivity index (χ0v) is 11.4. The summed E-state index contributed by atoms with van der Waals surface area (Å²) in [6.45, 7) is 2.42. The van der Waals surface area contributed by atoms with E-state index in [9.17, 15) is 0 Å². The molecule has 0 saturated carbocycles. The Bertz CT molecular complexity index is 589. The lowest BCUT2D eigenvalue weighted by Crippen LogP contribution is -1.98. The summed E-state index contributed by atoms with van der Waals surface area (Å²) in [6, 6.07) is 7.04. The number of thiazole rings is 1. The fourth-order valence-electron chi connectivity index (χ4n) is 1.44. The van der Waals surface area contributed by atoms with E-state index in [-0.39, 0.29) is 0 Å². The molecule has 3 nitrogen and oxygen atoms in total. The number of rotatable bonds is 4. The van der Waals surface area contributed by atoms with Crippen LogP contribution in [0.4, 0.5) is 0 Å². The van der Waals surface area contributed by atoms with Crippen LogP contribution in [-0.4, -0.2) is 4.98 Å². The lowest BCUT2D eigenvalue weighted by Gasteiger charge is -2.06. The maximum atomic E-state index is 8.96. The molecule has 0 aliphatic heterocycles. The maximum Gasteiger partial charge on any atom is 0.139 e. The van der Waals surface area contributed by atoms with Crippen molar-refractivity contribution >= 4 is 22.9 Å². The van der Waals surface area contributed by atoms with Crippen LogP contribution in [0.15, 0.2) is 23.6 Å². The second-order valence-corrected chi connectivity index (χ2v) is 5.01. The summed E-state index contributed by atoms with van der Waals surface area (Å²) in [5.74, 6) is 0.496. The lowest BCUT2D eigenvalue weighted by molar-refractivity contribution is 0.301. The van der Waals surface area contributed by atoms with Gasteiger partial charge in [0.15, 0.2) is 0 Å². The van der Waals surface area contributed by atoms with E-state index in [1.165, 1.54) is 0 Å². The maximum absolute atomic E-state index is 8.96. The molecular weight excluding hydrogens is 268 g/mol. The summed E-state index contributed by atoms with van der Waals surface area (Å²) in [5, 5.41) is 12.6. The van der Waals surface area contributed by atoms with E-state index in [0.717, 1.165) is 17.1 Å². The van der Waals surface area contributed by atoms with E-state index in [2.05, 4.69) is 18.0 Å². The van der Waals surface area contributed by atoms with Crippen LogP contribution in [0.3, 0.4) is 0 Å². The fourth-order valence-corrected chi connectivity index (χ4v) is 2.33. The third kappa shape index (κ3) is 3.00. The van der Waals surface area contributed by atoms with Crippen molar-refractivity contribution in [3.63, 3.8) is 0 Å². The van der Waals surface area contributed by atoms with Crippen molar-refractivity contribution in [1.29, 1.82) is 5.26 Å². The molecular formula is C13H11ClN2OS. The molecule has 1 aromatic carbocycles. The number of nitriles is 1. The molecule has 1 aromatic heterocycles. The van der Waals surface area contributed by atoms with Crippen LogP contribution in [-0.2, 0) is 13.0 Å². The summed E-state index contributed by atoms with van der Waals surface area (Å²) in [6.07, 6.45) is 0.922. The lowest BCUT2D eigenvalue weighted by atomic mass is 10.2. The average molecular weight is 279 g/mol. The normalized spacial score (nSPS) is 10.1. The molecule has 0 saturated heterocycles. The van der Waals surface area contributed by atoms with Crippen LogP contribution in [0.2, 0.25) is 5.02 Å². The monoisotopic (exact) mass is 278 g/mol. The zero-order chi connectivity index (χ0) is 13.0. The Morgan fingerprint density at radius 1 is 1.50 bits per heavy atom. The minimum atomic E-state index is 0.353. The number of halogens is 1. The van der Waals surface area contributed by atoms with Gasteiger partial charge in [-0.05, 0) is 18.6 Å². The molecule has 0 fully saturated rings. The Morgan fingerprint density at radius 2 is 2.33 bits per heavy atom. The van der Waals surface area contributed by atoms with Crippen LogP contribution in [0.5, 0.6) is 5.75 Å². The standard InChI is InChI=1S/C13H11ClN2OS/c1-2-13-16-11(8-18-13)7-17-12-5-10(14)4-3-9(12)6-15/h3-5,8H,2,7H2,1H3. The van der Waals surface area contributed by atoms with Gasteiger partial charge in [-0.1, -0.05) is 18.5 Å². The topological polar surface area (TPSA) is 45.9 Å². The first-order valence-corrected chi connectivity index (χ1v) is 6.74. The number of hydrogen-bond donors (Lipinski definition) is 0. The number of nitrogens with zero attached hydrogens (tertiary/aromatic N) is 2. The Labute approximate surface area is 115 Å². The molecule has 18 heavy (non-hydrogen) atoms. The van der Waals surface area contributed by atoms with Gasteiger partial charge in [0.1, 0.15) is 18.4 Å². The van der Waals surface area contributed by atoms with E-state index in [1.54, 1.807) is 29.5 Å². The Kier molecular flexibility index (Phi) is 4.19. The van der Waals surface area contributed by atoms with Gasteiger partial charge in [0, 0.05) is 16.5 Å². The molecule has 0 bridgehead atoms. The third-order valence-corrected chi connectivity index (χ3v) is 3.62. The molecule has 1 heterocycles. The molecule has 5 heteroatoms. The second-order valence-electron chi connectivity index (χ2n) is 3.63. The van der Waals surface area contributed by atoms with E-state index >= 15 is 0 Å². The van der Waals surface area contributed by atoms with Gasteiger partial charge in [-0.2, -0.15) is 5.26 Å². The van der Waals surface area contributed by atoms with Crippen molar-refractivity contribution in [1.82, 2.24) is 4.98 Å². The summed E-state index contributed by atoms with van der Waals surface area (Å²) in [5.41, 5.74) is 1.35. The molecule has 0 spiro atoms. The highest BCUT2D eigenvalue weighted by atomic mass is 35.5. The third-order valence-electron chi connectivity index (χ3n) is 2.34. The van der Waals surface area contributed by atoms with Gasteiger partial charge in [0.2, 0.25) is 0 Å². The fraction of sp³-hybridized carbons (Fsp3) is 0.231. The highest BCUT2D eigenvalue weighted by Gasteiger charge is 2.06. The number of aryl methyl sites for hydroxylation is 1. The molecule has 0 atom stereocenters. The quantitative estimate of drug-likeness (QED) is 0.854. The van der Waals surface area contributed by atoms with Crippen molar-refractivity contribution in [3.8, 4) is 11.8 Å². The SMILES string of the molecule is CCc1nc(COc2cc(Cl)ccc2C#N)cs1. The molecule has 92 valence electrons. The predicted octanol–water partition coefficient (Wildman–Crippen LogP) is 3.81.